The number of hydrogen-bond donors (Lipinski definition) is 0. The minimum Gasteiger partial charge on any atom is -0.376 e. The van der Waals surface area contributed by atoms with Crippen molar-refractivity contribution in [1.82, 2.24) is 9.47 Å². The van der Waals surface area contributed by atoms with Gasteiger partial charge in [-0.1, -0.05) is 37.3 Å². The monoisotopic (exact) mass is 530 g/mol. The number of thiocarbonyl (C=S) groups is 1. The van der Waals surface area contributed by atoms with Crippen molar-refractivity contribution in [3.8, 4) is 6.07 Å². The lowest BCUT2D eigenvalue weighted by Crippen LogP contribution is -2.48. The van der Waals surface area contributed by atoms with Gasteiger partial charge in [-0.15, -0.1) is 0 Å². The maximum absolute atomic E-state index is 13.5. The first-order valence-corrected chi connectivity index (χ1v) is 13.9. The number of hydrogen-bond acceptors (Lipinski definition) is 8. The van der Waals surface area contributed by atoms with Crippen molar-refractivity contribution in [2.75, 3.05) is 31.1 Å². The van der Waals surface area contributed by atoms with Crippen LogP contribution in [0.15, 0.2) is 9.70 Å². The normalized spacial score (nSPS) is 25.8. The summed E-state index contributed by atoms with van der Waals surface area (Å²) in [7, 11) is 0. The molecule has 3 atom stereocenters. The molecule has 4 heterocycles. The second kappa shape index (κ2) is 11.5. The fraction of sp³-hybridized carbons (Fsp3) is 0.615. The Bertz CT molecular complexity index is 1160. The van der Waals surface area contributed by atoms with Crippen LogP contribution in [0.4, 0.5) is 5.82 Å². The zero-order valence-corrected chi connectivity index (χ0v) is 23.0. The Hall–Kier alpha value is -2.19. The van der Waals surface area contributed by atoms with E-state index in [4.69, 9.17) is 21.7 Å². The maximum atomic E-state index is 13.5. The van der Waals surface area contributed by atoms with Gasteiger partial charge in [0.15, 0.2) is 0 Å². The molecule has 3 aliphatic rings. The van der Waals surface area contributed by atoms with E-state index in [1.54, 1.807) is 16.4 Å². The number of pyridine rings is 1. The summed E-state index contributed by atoms with van der Waals surface area (Å²) in [6.45, 7) is 10.8. The molecule has 0 saturated carbocycles. The van der Waals surface area contributed by atoms with E-state index < -0.39 is 0 Å². The summed E-state index contributed by atoms with van der Waals surface area (Å²) in [6.07, 6.45) is 5.42. The van der Waals surface area contributed by atoms with E-state index in [9.17, 15) is 14.9 Å². The van der Waals surface area contributed by atoms with Gasteiger partial charge in [-0.25, -0.2) is 0 Å². The van der Waals surface area contributed by atoms with Gasteiger partial charge in [-0.05, 0) is 51.7 Å². The minimum atomic E-state index is -0.284. The fourth-order valence-electron chi connectivity index (χ4n) is 5.14. The molecule has 1 amide bonds. The van der Waals surface area contributed by atoms with E-state index in [1.807, 2.05) is 19.9 Å². The number of thioether (sulfide) groups is 1. The zero-order valence-electron chi connectivity index (χ0n) is 21.4. The highest BCUT2D eigenvalue weighted by molar-refractivity contribution is 8.26. The number of carbonyl (C=O) groups excluding carboxylic acids is 1. The van der Waals surface area contributed by atoms with E-state index >= 15 is 0 Å². The lowest BCUT2D eigenvalue weighted by atomic mass is 10.0. The van der Waals surface area contributed by atoms with Crippen molar-refractivity contribution in [3.05, 3.63) is 31.9 Å². The van der Waals surface area contributed by atoms with Crippen LogP contribution in [0.5, 0.6) is 0 Å². The van der Waals surface area contributed by atoms with Gasteiger partial charge in [0.25, 0.3) is 11.5 Å². The van der Waals surface area contributed by atoms with Crippen LogP contribution in [0.25, 0.3) is 6.08 Å². The second-order valence-electron chi connectivity index (χ2n) is 9.75. The highest BCUT2D eigenvalue weighted by atomic mass is 32.2. The Balaban J connectivity index is 1.83. The number of nitrogens with zero attached hydrogens (tertiary/aromatic N) is 4. The van der Waals surface area contributed by atoms with E-state index in [0.29, 0.717) is 47.6 Å². The molecule has 36 heavy (non-hydrogen) atoms. The van der Waals surface area contributed by atoms with Crippen molar-refractivity contribution in [1.29, 1.82) is 5.26 Å². The average Bonchev–Trinajstić information content (AvgIpc) is 3.43. The Morgan fingerprint density at radius 3 is 2.58 bits per heavy atom. The molecule has 0 aromatic carbocycles. The molecule has 0 bridgehead atoms. The third kappa shape index (κ3) is 5.40. The number of morpholine rings is 1. The van der Waals surface area contributed by atoms with E-state index in [0.717, 1.165) is 37.1 Å². The molecule has 0 radical (unpaired) electrons. The number of anilines is 1. The van der Waals surface area contributed by atoms with Gasteiger partial charge in [-0.3, -0.25) is 19.1 Å². The third-order valence-corrected chi connectivity index (χ3v) is 8.24. The van der Waals surface area contributed by atoms with Crippen molar-refractivity contribution < 1.29 is 14.3 Å². The maximum Gasteiger partial charge on any atom is 0.270 e. The molecular formula is C26H34N4O4S2. The summed E-state index contributed by atoms with van der Waals surface area (Å²) in [5, 5.41) is 9.88. The molecule has 3 saturated heterocycles. The van der Waals surface area contributed by atoms with Gasteiger partial charge in [0.1, 0.15) is 21.8 Å². The zero-order chi connectivity index (χ0) is 26.0. The van der Waals surface area contributed by atoms with Gasteiger partial charge >= 0.3 is 0 Å². The number of aromatic nitrogens is 1. The van der Waals surface area contributed by atoms with Crippen LogP contribution in [0.1, 0.15) is 63.1 Å². The number of nitriles is 1. The summed E-state index contributed by atoms with van der Waals surface area (Å²) in [5.74, 6) is 0.593. The molecule has 4 rings (SSSR count). The first-order valence-electron chi connectivity index (χ1n) is 12.7. The molecule has 194 valence electrons. The SMILES string of the molecule is CCCCn1c(N2CC(C)OC(C)C2)c(/C=C2/SC(=S)N(CC3CCCO3)C2=O)c(C)c(C#N)c1=O. The number of rotatable bonds is 7. The van der Waals surface area contributed by atoms with Crippen molar-refractivity contribution >= 4 is 46.1 Å². The van der Waals surface area contributed by atoms with E-state index in [2.05, 4.69) is 17.9 Å². The average molecular weight is 531 g/mol. The largest absolute Gasteiger partial charge is 0.376 e. The number of ether oxygens (including phenoxy) is 2. The van der Waals surface area contributed by atoms with Crippen LogP contribution < -0.4 is 10.5 Å². The van der Waals surface area contributed by atoms with Gasteiger partial charge in [0.2, 0.25) is 0 Å². The molecule has 3 unspecified atom stereocenters. The molecule has 0 aliphatic carbocycles. The second-order valence-corrected chi connectivity index (χ2v) is 11.4. The number of amides is 1. The Labute approximate surface area is 222 Å². The quantitative estimate of drug-likeness (QED) is 0.388. The molecule has 3 fully saturated rings. The molecule has 10 heteroatoms. The van der Waals surface area contributed by atoms with Crippen LogP contribution in [0, 0.1) is 18.3 Å². The molecule has 8 nitrogen and oxygen atoms in total. The molecule has 1 aromatic rings. The summed E-state index contributed by atoms with van der Waals surface area (Å²) in [4.78, 5) is 31.2. The molecule has 3 aliphatic heterocycles. The minimum absolute atomic E-state index is 0.00149. The van der Waals surface area contributed by atoms with Crippen LogP contribution in [0.3, 0.4) is 0 Å². The predicted octanol–water partition coefficient (Wildman–Crippen LogP) is 3.82. The van der Waals surface area contributed by atoms with Crippen LogP contribution >= 0.6 is 24.0 Å². The van der Waals surface area contributed by atoms with E-state index in [1.165, 1.54) is 11.8 Å². The van der Waals surface area contributed by atoms with Crippen LogP contribution in [-0.2, 0) is 20.8 Å². The van der Waals surface area contributed by atoms with Crippen molar-refractivity contribution in [3.63, 3.8) is 0 Å². The standard InChI is InChI=1S/C26H34N4O4S2/c1-5-6-9-29-23(28-13-16(2)34-17(3)14-28)20(18(4)21(12-27)24(29)31)11-22-25(32)30(26(35)36-22)15-19-8-7-10-33-19/h11,16-17,19H,5-10,13-15H2,1-4H3/b22-11+. The van der Waals surface area contributed by atoms with Gasteiger partial charge < -0.3 is 14.4 Å². The number of carbonyl (C=O) groups is 1. The third-order valence-electron chi connectivity index (χ3n) is 6.86. The molecule has 1 aromatic heterocycles. The Morgan fingerprint density at radius 1 is 1.25 bits per heavy atom. The first kappa shape index (κ1) is 26.9. The lowest BCUT2D eigenvalue weighted by Gasteiger charge is -2.39. The summed E-state index contributed by atoms with van der Waals surface area (Å²) < 4.78 is 13.9. The summed E-state index contributed by atoms with van der Waals surface area (Å²) >= 11 is 6.82. The molecule has 0 spiro atoms. The molecular weight excluding hydrogens is 496 g/mol. The van der Waals surface area contributed by atoms with Crippen LogP contribution in [-0.4, -0.2) is 64.2 Å². The van der Waals surface area contributed by atoms with Gasteiger partial charge in [0, 0.05) is 31.8 Å². The van der Waals surface area contributed by atoms with Crippen molar-refractivity contribution in [2.24, 2.45) is 0 Å². The highest BCUT2D eigenvalue weighted by Crippen LogP contribution is 2.37. The fourth-order valence-corrected chi connectivity index (χ4v) is 6.40. The summed E-state index contributed by atoms with van der Waals surface area (Å²) in [6, 6.07) is 2.12. The Kier molecular flexibility index (Phi) is 8.56. The Morgan fingerprint density at radius 2 is 1.97 bits per heavy atom. The van der Waals surface area contributed by atoms with Gasteiger partial charge in [0.05, 0.1) is 29.8 Å². The highest BCUT2D eigenvalue weighted by Gasteiger charge is 2.36. The van der Waals surface area contributed by atoms with Crippen molar-refractivity contribution in [2.45, 2.75) is 78.2 Å². The molecule has 0 N–H and O–H groups in total. The van der Waals surface area contributed by atoms with Gasteiger partial charge in [-0.2, -0.15) is 5.26 Å². The van der Waals surface area contributed by atoms with Crippen LogP contribution in [0.2, 0.25) is 0 Å². The predicted molar refractivity (Wildman–Crippen MR) is 146 cm³/mol. The first-order chi connectivity index (χ1) is 17.2. The summed E-state index contributed by atoms with van der Waals surface area (Å²) in [5.41, 5.74) is 1.14. The lowest BCUT2D eigenvalue weighted by molar-refractivity contribution is -0.123. The smallest absolute Gasteiger partial charge is 0.270 e. The van der Waals surface area contributed by atoms with E-state index in [-0.39, 0.29) is 35.3 Å². The topological polar surface area (TPSA) is 87.8 Å². The number of unbranched alkanes of at least 4 members (excludes halogenated alkanes) is 1.